The van der Waals surface area contributed by atoms with Crippen LogP contribution in [0.3, 0.4) is 0 Å². The van der Waals surface area contributed by atoms with Crippen LogP contribution in [0, 0.1) is 0 Å². The van der Waals surface area contributed by atoms with E-state index < -0.39 is 0 Å². The molecule has 0 unspecified atom stereocenters. The van der Waals surface area contributed by atoms with Crippen molar-refractivity contribution in [3.05, 3.63) is 41.7 Å². The number of hydrogen-bond acceptors (Lipinski definition) is 4. The molecule has 3 heterocycles. The molecule has 1 N–H and O–H groups in total. The second-order valence-electron chi connectivity index (χ2n) is 5.92. The maximum atomic E-state index is 12.1. The maximum Gasteiger partial charge on any atom is 0.243 e. The zero-order chi connectivity index (χ0) is 17.6. The number of carbonyl (C=O) groups is 1. The van der Waals surface area contributed by atoms with Crippen molar-refractivity contribution in [2.24, 2.45) is 0 Å². The second kappa shape index (κ2) is 5.86. The van der Waals surface area contributed by atoms with Crippen molar-refractivity contribution in [2.45, 2.75) is 6.54 Å². The fraction of sp³-hybridized carbons (Fsp3) is 0.176. The predicted molar refractivity (Wildman–Crippen MR) is 96.3 cm³/mol. The number of fused-ring (bicyclic) bond motifs is 2. The van der Waals surface area contributed by atoms with Crippen molar-refractivity contribution in [3.8, 4) is 11.4 Å². The maximum absolute atomic E-state index is 12.1. The summed E-state index contributed by atoms with van der Waals surface area (Å²) in [4.78, 5) is 25.7. The molecule has 0 aliphatic rings. The Hall–Kier alpha value is -2.93. The first kappa shape index (κ1) is 15.6. The molecule has 8 heteroatoms. The van der Waals surface area contributed by atoms with E-state index in [2.05, 4.69) is 20.1 Å². The van der Waals surface area contributed by atoms with E-state index in [1.807, 2.05) is 12.1 Å². The van der Waals surface area contributed by atoms with Gasteiger partial charge >= 0.3 is 0 Å². The first-order valence-corrected chi connectivity index (χ1v) is 8.07. The third-order valence-electron chi connectivity index (χ3n) is 4.00. The molecule has 1 aromatic carbocycles. The van der Waals surface area contributed by atoms with Crippen LogP contribution in [0.15, 0.2) is 36.7 Å². The molecular weight excluding hydrogens is 340 g/mol. The lowest BCUT2D eigenvalue weighted by Gasteiger charge is -2.10. The summed E-state index contributed by atoms with van der Waals surface area (Å²) in [6.45, 7) is 0.129. The van der Waals surface area contributed by atoms with Crippen LogP contribution in [0.4, 0.5) is 0 Å². The molecule has 3 aromatic heterocycles. The number of nitrogens with zero attached hydrogens (tertiary/aromatic N) is 5. The van der Waals surface area contributed by atoms with Crippen LogP contribution in [-0.2, 0) is 11.3 Å². The van der Waals surface area contributed by atoms with Gasteiger partial charge in [-0.2, -0.15) is 5.10 Å². The fourth-order valence-corrected chi connectivity index (χ4v) is 2.84. The normalized spacial score (nSPS) is 11.3. The van der Waals surface area contributed by atoms with Crippen molar-refractivity contribution < 1.29 is 4.79 Å². The van der Waals surface area contributed by atoms with Crippen LogP contribution in [-0.4, -0.2) is 49.6 Å². The van der Waals surface area contributed by atoms with Gasteiger partial charge in [0.05, 0.1) is 11.7 Å². The lowest BCUT2D eigenvalue weighted by atomic mass is 10.1. The number of nitrogens with one attached hydrogen (secondary N) is 1. The molecule has 7 nitrogen and oxygen atoms in total. The molecule has 0 saturated heterocycles. The van der Waals surface area contributed by atoms with E-state index in [-0.39, 0.29) is 12.5 Å². The number of benzene rings is 1. The van der Waals surface area contributed by atoms with Gasteiger partial charge in [0.2, 0.25) is 5.91 Å². The smallest absolute Gasteiger partial charge is 0.243 e. The number of rotatable bonds is 3. The summed E-state index contributed by atoms with van der Waals surface area (Å²) >= 11 is 6.14. The van der Waals surface area contributed by atoms with Gasteiger partial charge in [-0.25, -0.2) is 9.97 Å². The van der Waals surface area contributed by atoms with Crippen molar-refractivity contribution in [3.63, 3.8) is 0 Å². The zero-order valence-electron chi connectivity index (χ0n) is 13.7. The highest BCUT2D eigenvalue weighted by atomic mass is 35.5. The average Bonchev–Trinajstić information content (AvgIpc) is 3.18. The lowest BCUT2D eigenvalue weighted by Crippen LogP contribution is -2.26. The average molecular weight is 355 g/mol. The Morgan fingerprint density at radius 3 is 2.96 bits per heavy atom. The van der Waals surface area contributed by atoms with Gasteiger partial charge in [0, 0.05) is 30.7 Å². The highest BCUT2D eigenvalue weighted by molar-refractivity contribution is 6.31. The summed E-state index contributed by atoms with van der Waals surface area (Å²) in [6.07, 6.45) is 3.47. The number of H-pyrrole nitrogens is 1. The second-order valence-corrected chi connectivity index (χ2v) is 6.36. The number of likely N-dealkylation sites (N-methyl/N-ethyl adjacent to an activating group) is 1. The number of carbonyl (C=O) groups excluding carboxylic acids is 1. The molecule has 0 bridgehead atoms. The summed E-state index contributed by atoms with van der Waals surface area (Å²) < 4.78 is 1.65. The van der Waals surface area contributed by atoms with Crippen LogP contribution in [0.5, 0.6) is 0 Å². The Morgan fingerprint density at radius 1 is 1.32 bits per heavy atom. The molecule has 0 aliphatic heterocycles. The van der Waals surface area contributed by atoms with Gasteiger partial charge < -0.3 is 9.88 Å². The van der Waals surface area contributed by atoms with E-state index in [0.29, 0.717) is 16.4 Å². The summed E-state index contributed by atoms with van der Waals surface area (Å²) in [5.74, 6) is -0.0527. The van der Waals surface area contributed by atoms with Crippen LogP contribution in [0.2, 0.25) is 5.02 Å². The van der Waals surface area contributed by atoms with Crippen LogP contribution in [0.1, 0.15) is 0 Å². The Kier molecular flexibility index (Phi) is 3.65. The monoisotopic (exact) mass is 354 g/mol. The van der Waals surface area contributed by atoms with E-state index in [1.54, 1.807) is 43.3 Å². The third kappa shape index (κ3) is 2.72. The molecule has 0 spiro atoms. The number of halogens is 1. The zero-order valence-corrected chi connectivity index (χ0v) is 14.4. The summed E-state index contributed by atoms with van der Waals surface area (Å²) in [5, 5.41) is 6.07. The standard InChI is InChI=1S/C17H15ClN6O/c1-23(2)15(25)9-24-14-7-10(18)3-4-11(14)16(22-24)13-8-20-17-12(21-13)5-6-19-17/h3-8H,9H2,1-2H3,(H,19,20). The predicted octanol–water partition coefficient (Wildman–Crippen LogP) is 2.72. The van der Waals surface area contributed by atoms with E-state index in [4.69, 9.17) is 11.6 Å². The van der Waals surface area contributed by atoms with E-state index >= 15 is 0 Å². The van der Waals surface area contributed by atoms with Crippen molar-refractivity contribution in [1.82, 2.24) is 29.6 Å². The highest BCUT2D eigenvalue weighted by Crippen LogP contribution is 2.29. The first-order chi connectivity index (χ1) is 12.0. The molecular formula is C17H15ClN6O. The van der Waals surface area contributed by atoms with Gasteiger partial charge in [0.15, 0.2) is 5.65 Å². The molecule has 0 atom stereocenters. The van der Waals surface area contributed by atoms with Crippen LogP contribution < -0.4 is 0 Å². The molecule has 0 aliphatic carbocycles. The van der Waals surface area contributed by atoms with E-state index in [1.165, 1.54) is 4.90 Å². The van der Waals surface area contributed by atoms with Gasteiger partial charge in [-0.05, 0) is 24.3 Å². The number of hydrogen-bond donors (Lipinski definition) is 1. The minimum Gasteiger partial charge on any atom is -0.347 e. The molecule has 126 valence electrons. The number of aromatic nitrogens is 5. The molecule has 25 heavy (non-hydrogen) atoms. The fourth-order valence-electron chi connectivity index (χ4n) is 2.67. The minimum atomic E-state index is -0.0527. The summed E-state index contributed by atoms with van der Waals surface area (Å²) in [5.41, 5.74) is 3.59. The highest BCUT2D eigenvalue weighted by Gasteiger charge is 2.17. The molecule has 1 amide bonds. The number of aromatic amines is 1. The van der Waals surface area contributed by atoms with Gasteiger partial charge in [0.25, 0.3) is 0 Å². The topological polar surface area (TPSA) is 79.7 Å². The van der Waals surface area contributed by atoms with E-state index in [9.17, 15) is 4.79 Å². The summed E-state index contributed by atoms with van der Waals surface area (Å²) in [6, 6.07) is 7.35. The van der Waals surface area contributed by atoms with Crippen LogP contribution >= 0.6 is 11.6 Å². The van der Waals surface area contributed by atoms with Crippen LogP contribution in [0.25, 0.3) is 33.5 Å². The molecule has 0 saturated carbocycles. The number of amides is 1. The minimum absolute atomic E-state index is 0.0527. The quantitative estimate of drug-likeness (QED) is 0.613. The molecule has 4 rings (SSSR count). The summed E-state index contributed by atoms with van der Waals surface area (Å²) in [7, 11) is 3.43. The largest absolute Gasteiger partial charge is 0.347 e. The molecule has 0 fully saturated rings. The van der Waals surface area contributed by atoms with Crippen molar-refractivity contribution >= 4 is 39.6 Å². The van der Waals surface area contributed by atoms with Gasteiger partial charge in [-0.15, -0.1) is 0 Å². The molecule has 0 radical (unpaired) electrons. The molecule has 4 aromatic rings. The Balaban J connectivity index is 1.89. The Labute approximate surface area is 148 Å². The Morgan fingerprint density at radius 2 is 2.16 bits per heavy atom. The van der Waals surface area contributed by atoms with Crippen molar-refractivity contribution in [2.75, 3.05) is 14.1 Å². The third-order valence-corrected chi connectivity index (χ3v) is 4.24. The van der Waals surface area contributed by atoms with Crippen molar-refractivity contribution in [1.29, 1.82) is 0 Å². The first-order valence-electron chi connectivity index (χ1n) is 7.69. The van der Waals surface area contributed by atoms with Gasteiger partial charge in [-0.3, -0.25) is 9.48 Å². The lowest BCUT2D eigenvalue weighted by molar-refractivity contribution is -0.129. The van der Waals surface area contributed by atoms with Gasteiger partial charge in [-0.1, -0.05) is 11.6 Å². The Bertz CT molecular complexity index is 1100. The van der Waals surface area contributed by atoms with E-state index in [0.717, 1.165) is 22.1 Å². The SMILES string of the molecule is CN(C)C(=O)Cn1nc(-c2cnc3[nH]ccc3n2)c2ccc(Cl)cc21. The van der Waals surface area contributed by atoms with Gasteiger partial charge in [0.1, 0.15) is 23.4 Å².